The standard InChI is InChI=1S/C13H10N2O6/c1-20-12-4-2-9(15(18)19)8-11(12)13-5-3-10(21-13)6-7-14(16)17/h2-8H,1H3/b7-6+. The van der Waals surface area contributed by atoms with Gasteiger partial charge in [0.25, 0.3) is 5.69 Å². The molecule has 8 nitrogen and oxygen atoms in total. The topological polar surface area (TPSA) is 109 Å². The van der Waals surface area contributed by atoms with Crippen LogP contribution in [-0.2, 0) is 0 Å². The van der Waals surface area contributed by atoms with Gasteiger partial charge in [0.2, 0.25) is 6.20 Å². The van der Waals surface area contributed by atoms with Crippen molar-refractivity contribution >= 4 is 11.8 Å². The highest BCUT2D eigenvalue weighted by molar-refractivity contribution is 5.70. The Kier molecular flexibility index (Phi) is 3.98. The highest BCUT2D eigenvalue weighted by atomic mass is 16.6. The van der Waals surface area contributed by atoms with Crippen LogP contribution >= 0.6 is 0 Å². The van der Waals surface area contributed by atoms with Gasteiger partial charge < -0.3 is 9.15 Å². The highest BCUT2D eigenvalue weighted by Crippen LogP contribution is 2.34. The summed E-state index contributed by atoms with van der Waals surface area (Å²) < 4.78 is 10.5. The summed E-state index contributed by atoms with van der Waals surface area (Å²) in [5.74, 6) is 0.980. The molecule has 1 aromatic heterocycles. The Hall–Kier alpha value is -3.16. The van der Waals surface area contributed by atoms with E-state index in [1.54, 1.807) is 6.07 Å². The molecule has 2 aromatic rings. The largest absolute Gasteiger partial charge is 0.496 e. The van der Waals surface area contributed by atoms with Crippen molar-refractivity contribution in [2.24, 2.45) is 0 Å². The Balaban J connectivity index is 2.43. The van der Waals surface area contributed by atoms with E-state index < -0.39 is 9.85 Å². The number of non-ortho nitro benzene ring substituents is 1. The predicted molar refractivity (Wildman–Crippen MR) is 73.4 cm³/mol. The fourth-order valence-corrected chi connectivity index (χ4v) is 1.72. The van der Waals surface area contributed by atoms with Crippen LogP contribution in [0.25, 0.3) is 17.4 Å². The van der Waals surface area contributed by atoms with Crippen molar-refractivity contribution in [3.8, 4) is 17.1 Å². The summed E-state index contributed by atoms with van der Waals surface area (Å²) in [7, 11) is 1.43. The Labute approximate surface area is 118 Å². The van der Waals surface area contributed by atoms with Gasteiger partial charge in [-0.1, -0.05) is 0 Å². The van der Waals surface area contributed by atoms with Crippen LogP contribution in [0, 0.1) is 20.2 Å². The molecule has 2 rings (SSSR count). The summed E-state index contributed by atoms with van der Waals surface area (Å²) in [5, 5.41) is 21.1. The lowest BCUT2D eigenvalue weighted by Crippen LogP contribution is -1.91. The highest BCUT2D eigenvalue weighted by Gasteiger charge is 2.15. The molecule has 0 aliphatic carbocycles. The first-order valence-corrected chi connectivity index (χ1v) is 5.75. The number of nitrogens with zero attached hydrogens (tertiary/aromatic N) is 2. The molecule has 0 fully saturated rings. The molecule has 1 heterocycles. The third-order valence-electron chi connectivity index (χ3n) is 2.65. The summed E-state index contributed by atoms with van der Waals surface area (Å²) in [6.07, 6.45) is 1.93. The van der Waals surface area contributed by atoms with Crippen molar-refractivity contribution in [1.29, 1.82) is 0 Å². The molecule has 0 amide bonds. The molecule has 0 bridgehead atoms. The van der Waals surface area contributed by atoms with Crippen LogP contribution in [-0.4, -0.2) is 17.0 Å². The molecule has 108 valence electrons. The molecule has 0 radical (unpaired) electrons. The first kappa shape index (κ1) is 14.3. The van der Waals surface area contributed by atoms with E-state index in [1.807, 2.05) is 0 Å². The van der Waals surface area contributed by atoms with Crippen molar-refractivity contribution in [3.05, 3.63) is 62.5 Å². The van der Waals surface area contributed by atoms with E-state index in [-0.39, 0.29) is 11.4 Å². The summed E-state index contributed by atoms with van der Waals surface area (Å²) in [4.78, 5) is 19.9. The monoisotopic (exact) mass is 290 g/mol. The van der Waals surface area contributed by atoms with Gasteiger partial charge in [0, 0.05) is 12.1 Å². The SMILES string of the molecule is COc1ccc([N+](=O)[O-])cc1-c1ccc(/C=C/[N+](=O)[O-])o1. The molecule has 0 atom stereocenters. The molecule has 0 unspecified atom stereocenters. The van der Waals surface area contributed by atoms with Crippen molar-refractivity contribution in [3.63, 3.8) is 0 Å². The second kappa shape index (κ2) is 5.87. The van der Waals surface area contributed by atoms with Crippen molar-refractivity contribution in [1.82, 2.24) is 0 Å². The van der Waals surface area contributed by atoms with Gasteiger partial charge >= 0.3 is 0 Å². The van der Waals surface area contributed by atoms with Crippen molar-refractivity contribution < 1.29 is 19.0 Å². The second-order valence-electron chi connectivity index (χ2n) is 3.94. The van der Waals surface area contributed by atoms with Crippen LogP contribution in [0.1, 0.15) is 5.76 Å². The van der Waals surface area contributed by atoms with Crippen LogP contribution in [0.4, 0.5) is 5.69 Å². The number of hydrogen-bond donors (Lipinski definition) is 0. The molecule has 0 aliphatic rings. The molecule has 8 heteroatoms. The molecular formula is C13H10N2O6. The lowest BCUT2D eigenvalue weighted by molar-refractivity contribution is -0.401. The number of methoxy groups -OCH3 is 1. The summed E-state index contributed by atoms with van der Waals surface area (Å²) >= 11 is 0. The van der Waals surface area contributed by atoms with Crippen LogP contribution in [0.3, 0.4) is 0 Å². The van der Waals surface area contributed by atoms with Gasteiger partial charge in [-0.15, -0.1) is 0 Å². The van der Waals surface area contributed by atoms with E-state index in [0.717, 1.165) is 6.20 Å². The van der Waals surface area contributed by atoms with E-state index in [9.17, 15) is 20.2 Å². The average Bonchev–Trinajstić information content (AvgIpc) is 2.93. The normalized spacial score (nSPS) is 10.7. The lowest BCUT2D eigenvalue weighted by atomic mass is 10.1. The van der Waals surface area contributed by atoms with Crippen LogP contribution < -0.4 is 4.74 Å². The molecule has 21 heavy (non-hydrogen) atoms. The molecule has 0 saturated heterocycles. The molecule has 0 aliphatic heterocycles. The first-order valence-electron chi connectivity index (χ1n) is 5.75. The Morgan fingerprint density at radius 3 is 2.57 bits per heavy atom. The first-order chi connectivity index (χ1) is 10.0. The van der Waals surface area contributed by atoms with Gasteiger partial charge in [-0.25, -0.2) is 0 Å². The number of rotatable bonds is 5. The molecule has 0 saturated carbocycles. The van der Waals surface area contributed by atoms with Crippen molar-refractivity contribution in [2.45, 2.75) is 0 Å². The third kappa shape index (κ3) is 3.24. The number of nitro benzene ring substituents is 1. The van der Waals surface area contributed by atoms with Gasteiger partial charge in [-0.3, -0.25) is 20.2 Å². The minimum atomic E-state index is -0.615. The zero-order valence-corrected chi connectivity index (χ0v) is 10.9. The number of furan rings is 1. The van der Waals surface area contributed by atoms with E-state index in [4.69, 9.17) is 9.15 Å². The fraction of sp³-hybridized carbons (Fsp3) is 0.0769. The maximum atomic E-state index is 10.8. The van der Waals surface area contributed by atoms with Gasteiger partial charge in [0.15, 0.2) is 0 Å². The maximum absolute atomic E-state index is 10.8. The van der Waals surface area contributed by atoms with Crippen LogP contribution in [0.2, 0.25) is 0 Å². The van der Waals surface area contributed by atoms with Gasteiger partial charge in [0.05, 0.1) is 28.6 Å². The van der Waals surface area contributed by atoms with Crippen LogP contribution in [0.5, 0.6) is 5.75 Å². The van der Waals surface area contributed by atoms with Gasteiger partial charge in [-0.05, 0) is 18.2 Å². The summed E-state index contributed by atoms with van der Waals surface area (Å²) in [6.45, 7) is 0. The minimum absolute atomic E-state index is 0.107. The van der Waals surface area contributed by atoms with Crippen LogP contribution in [0.15, 0.2) is 40.9 Å². The average molecular weight is 290 g/mol. The lowest BCUT2D eigenvalue weighted by Gasteiger charge is -2.05. The van der Waals surface area contributed by atoms with E-state index in [0.29, 0.717) is 17.1 Å². The molecule has 1 aromatic carbocycles. The van der Waals surface area contributed by atoms with E-state index in [1.165, 1.54) is 37.5 Å². The number of hydrogen-bond acceptors (Lipinski definition) is 6. The smallest absolute Gasteiger partial charge is 0.270 e. The fourth-order valence-electron chi connectivity index (χ4n) is 1.72. The predicted octanol–water partition coefficient (Wildman–Crippen LogP) is 3.11. The second-order valence-corrected chi connectivity index (χ2v) is 3.94. The number of nitro groups is 2. The Bertz CT molecular complexity index is 719. The van der Waals surface area contributed by atoms with E-state index >= 15 is 0 Å². The zero-order chi connectivity index (χ0) is 15.4. The third-order valence-corrected chi connectivity index (χ3v) is 2.65. The van der Waals surface area contributed by atoms with Crippen molar-refractivity contribution in [2.75, 3.05) is 7.11 Å². The molecule has 0 N–H and O–H groups in total. The van der Waals surface area contributed by atoms with Gasteiger partial charge in [0.1, 0.15) is 17.3 Å². The Morgan fingerprint density at radius 1 is 1.19 bits per heavy atom. The molecular weight excluding hydrogens is 280 g/mol. The van der Waals surface area contributed by atoms with Gasteiger partial charge in [-0.2, -0.15) is 0 Å². The number of ether oxygens (including phenoxy) is 1. The summed E-state index contributed by atoms with van der Waals surface area (Å²) in [6, 6.07) is 7.18. The summed E-state index contributed by atoms with van der Waals surface area (Å²) in [5.41, 5.74) is 0.289. The quantitative estimate of drug-likeness (QED) is 0.618. The molecule has 0 spiro atoms. The zero-order valence-electron chi connectivity index (χ0n) is 10.9. The number of benzene rings is 1. The Morgan fingerprint density at radius 2 is 1.95 bits per heavy atom. The minimum Gasteiger partial charge on any atom is -0.496 e. The maximum Gasteiger partial charge on any atom is 0.270 e. The van der Waals surface area contributed by atoms with E-state index in [2.05, 4.69) is 0 Å².